The van der Waals surface area contributed by atoms with Crippen molar-refractivity contribution in [2.45, 2.75) is 26.7 Å². The van der Waals surface area contributed by atoms with Gasteiger partial charge in [0.05, 0.1) is 6.61 Å². The molecule has 0 radical (unpaired) electrons. The van der Waals surface area contributed by atoms with Gasteiger partial charge < -0.3 is 4.74 Å². The second kappa shape index (κ2) is 10.3. The first-order valence-electron chi connectivity index (χ1n) is 5.96. The smallest absolute Gasteiger partial charge is 0.333 e. The molecule has 0 atom stereocenters. The van der Waals surface area contributed by atoms with Crippen LogP contribution >= 0.6 is 0 Å². The number of aromatic nitrogens is 1. The van der Waals surface area contributed by atoms with Gasteiger partial charge in [-0.25, -0.2) is 4.79 Å². The minimum atomic E-state index is -0.284. The molecule has 0 spiro atoms. The Hall–Kier alpha value is -1.90. The van der Waals surface area contributed by atoms with E-state index in [0.29, 0.717) is 12.2 Å². The van der Waals surface area contributed by atoms with E-state index in [9.17, 15) is 4.79 Å². The van der Waals surface area contributed by atoms with E-state index < -0.39 is 0 Å². The third kappa shape index (κ3) is 8.28. The fourth-order valence-corrected chi connectivity index (χ4v) is 0.932. The minimum Gasteiger partial charge on any atom is -0.462 e. The van der Waals surface area contributed by atoms with E-state index in [-0.39, 0.29) is 5.97 Å². The largest absolute Gasteiger partial charge is 0.462 e. The third-order valence-electron chi connectivity index (χ3n) is 2.02. The number of esters is 1. The maximum Gasteiger partial charge on any atom is 0.333 e. The van der Waals surface area contributed by atoms with Crippen molar-refractivity contribution >= 4 is 12.0 Å². The van der Waals surface area contributed by atoms with Crippen LogP contribution in [0.15, 0.2) is 43.3 Å². The van der Waals surface area contributed by atoms with Crippen molar-refractivity contribution in [1.29, 1.82) is 0 Å². The maximum atomic E-state index is 10.7. The fourth-order valence-electron chi connectivity index (χ4n) is 0.932. The van der Waals surface area contributed by atoms with Gasteiger partial charge in [0.1, 0.15) is 0 Å². The van der Waals surface area contributed by atoms with Crippen LogP contribution in [0.1, 0.15) is 32.3 Å². The summed E-state index contributed by atoms with van der Waals surface area (Å²) in [7, 11) is 0. The number of ether oxygens (including phenoxy) is 1. The molecule has 1 aromatic rings. The van der Waals surface area contributed by atoms with E-state index >= 15 is 0 Å². The van der Waals surface area contributed by atoms with Crippen LogP contribution in [0.3, 0.4) is 0 Å². The van der Waals surface area contributed by atoms with E-state index in [2.05, 4.69) is 25.1 Å². The summed E-state index contributed by atoms with van der Waals surface area (Å²) < 4.78 is 4.81. The molecule has 0 aliphatic carbocycles. The average molecular weight is 247 g/mol. The molecule has 1 aromatic heterocycles. The Kier molecular flexibility index (Phi) is 9.18. The number of carbonyl (C=O) groups is 1. The van der Waals surface area contributed by atoms with Crippen LogP contribution < -0.4 is 0 Å². The van der Waals surface area contributed by atoms with Crippen LogP contribution in [-0.4, -0.2) is 17.6 Å². The second-order valence-electron chi connectivity index (χ2n) is 3.75. The molecule has 0 fully saturated rings. The molecule has 0 aliphatic rings. The van der Waals surface area contributed by atoms with E-state index in [1.165, 1.54) is 0 Å². The Morgan fingerprint density at radius 3 is 2.44 bits per heavy atom. The highest BCUT2D eigenvalue weighted by Gasteiger charge is 2.00. The predicted molar refractivity (Wildman–Crippen MR) is 75.0 cm³/mol. The van der Waals surface area contributed by atoms with Crippen molar-refractivity contribution in [2.75, 3.05) is 6.61 Å². The van der Waals surface area contributed by atoms with Gasteiger partial charge in [-0.15, -0.1) is 0 Å². The molecule has 98 valence electrons. The monoisotopic (exact) mass is 247 g/mol. The number of rotatable bonds is 5. The zero-order valence-electron chi connectivity index (χ0n) is 11.2. The summed E-state index contributed by atoms with van der Waals surface area (Å²) in [6.07, 6.45) is 7.26. The van der Waals surface area contributed by atoms with Crippen LogP contribution in [0.25, 0.3) is 6.08 Å². The number of pyridine rings is 1. The Labute approximate surface area is 109 Å². The highest BCUT2D eigenvalue weighted by molar-refractivity contribution is 5.86. The van der Waals surface area contributed by atoms with E-state index in [0.717, 1.165) is 18.4 Å². The van der Waals surface area contributed by atoms with Crippen LogP contribution in [0.5, 0.6) is 0 Å². The molecular weight excluding hydrogens is 226 g/mol. The molecule has 18 heavy (non-hydrogen) atoms. The first-order chi connectivity index (χ1) is 8.61. The number of unbranched alkanes of at least 4 members (excludes halogenated alkanes) is 1. The predicted octanol–water partition coefficient (Wildman–Crippen LogP) is 3.63. The van der Waals surface area contributed by atoms with Gasteiger partial charge in [0.2, 0.25) is 0 Å². The van der Waals surface area contributed by atoms with Gasteiger partial charge >= 0.3 is 5.97 Å². The van der Waals surface area contributed by atoms with Crippen LogP contribution in [-0.2, 0) is 9.53 Å². The Bertz CT molecular complexity index is 371. The Balaban J connectivity index is 0.000000327. The van der Waals surface area contributed by atoms with Gasteiger partial charge in [-0.3, -0.25) is 4.98 Å². The van der Waals surface area contributed by atoms with Gasteiger partial charge in [-0.2, -0.15) is 0 Å². The van der Waals surface area contributed by atoms with E-state index in [1.54, 1.807) is 25.4 Å². The summed E-state index contributed by atoms with van der Waals surface area (Å²) in [5, 5.41) is 0. The Morgan fingerprint density at radius 1 is 1.44 bits per heavy atom. The topological polar surface area (TPSA) is 39.2 Å². The van der Waals surface area contributed by atoms with Crippen molar-refractivity contribution in [2.24, 2.45) is 0 Å². The maximum absolute atomic E-state index is 10.7. The van der Waals surface area contributed by atoms with Crippen LogP contribution in [0.4, 0.5) is 0 Å². The molecule has 3 heteroatoms. The van der Waals surface area contributed by atoms with E-state index in [4.69, 9.17) is 4.74 Å². The lowest BCUT2D eigenvalue weighted by molar-refractivity contribution is -0.139. The number of hydrogen-bond donors (Lipinski definition) is 0. The molecule has 0 bridgehead atoms. The van der Waals surface area contributed by atoms with Crippen LogP contribution in [0, 0.1) is 0 Å². The van der Waals surface area contributed by atoms with Crippen molar-refractivity contribution in [1.82, 2.24) is 4.98 Å². The van der Waals surface area contributed by atoms with Gasteiger partial charge in [0.25, 0.3) is 0 Å². The van der Waals surface area contributed by atoms with Crippen molar-refractivity contribution in [3.8, 4) is 0 Å². The summed E-state index contributed by atoms with van der Waals surface area (Å²) in [6, 6.07) is 3.82. The molecule has 0 aliphatic heterocycles. The zero-order valence-corrected chi connectivity index (χ0v) is 11.2. The quantitative estimate of drug-likeness (QED) is 0.453. The van der Waals surface area contributed by atoms with Gasteiger partial charge in [0, 0.05) is 18.0 Å². The SMILES string of the molecule is C=C(C)C(=O)OCCCC.C=Cc1ccncc1. The molecule has 0 saturated heterocycles. The molecule has 1 heterocycles. The first-order valence-corrected chi connectivity index (χ1v) is 5.96. The van der Waals surface area contributed by atoms with Crippen LogP contribution in [0.2, 0.25) is 0 Å². The number of carbonyl (C=O) groups excluding carboxylic acids is 1. The summed E-state index contributed by atoms with van der Waals surface area (Å²) in [5.41, 5.74) is 1.58. The number of nitrogens with zero attached hydrogens (tertiary/aromatic N) is 1. The van der Waals surface area contributed by atoms with Crippen molar-refractivity contribution < 1.29 is 9.53 Å². The minimum absolute atomic E-state index is 0.284. The second-order valence-corrected chi connectivity index (χ2v) is 3.75. The van der Waals surface area contributed by atoms with Gasteiger partial charge in [0.15, 0.2) is 0 Å². The third-order valence-corrected chi connectivity index (χ3v) is 2.02. The molecular formula is C15H21NO2. The summed E-state index contributed by atoms with van der Waals surface area (Å²) in [4.78, 5) is 14.5. The first kappa shape index (κ1) is 16.1. The summed E-state index contributed by atoms with van der Waals surface area (Å²) >= 11 is 0. The molecule has 0 saturated carbocycles. The highest BCUT2D eigenvalue weighted by atomic mass is 16.5. The highest BCUT2D eigenvalue weighted by Crippen LogP contribution is 1.95. The summed E-state index contributed by atoms with van der Waals surface area (Å²) in [6.45, 7) is 11.3. The van der Waals surface area contributed by atoms with E-state index in [1.807, 2.05) is 12.1 Å². The van der Waals surface area contributed by atoms with Crippen molar-refractivity contribution in [3.63, 3.8) is 0 Å². The lowest BCUT2D eigenvalue weighted by Crippen LogP contribution is -2.05. The molecule has 0 unspecified atom stereocenters. The lowest BCUT2D eigenvalue weighted by atomic mass is 10.3. The molecule has 0 N–H and O–H groups in total. The average Bonchev–Trinajstić information content (AvgIpc) is 2.40. The normalized spacial score (nSPS) is 8.78. The molecule has 0 aromatic carbocycles. The summed E-state index contributed by atoms with van der Waals surface area (Å²) in [5.74, 6) is -0.284. The zero-order chi connectivity index (χ0) is 13.8. The molecule has 3 nitrogen and oxygen atoms in total. The van der Waals surface area contributed by atoms with Crippen molar-refractivity contribution in [3.05, 3.63) is 48.8 Å². The van der Waals surface area contributed by atoms with Gasteiger partial charge in [-0.1, -0.05) is 32.6 Å². The number of hydrogen-bond acceptors (Lipinski definition) is 3. The Morgan fingerprint density at radius 2 is 2.06 bits per heavy atom. The fraction of sp³-hybridized carbons (Fsp3) is 0.333. The molecule has 1 rings (SSSR count). The van der Waals surface area contributed by atoms with Gasteiger partial charge in [-0.05, 0) is 31.0 Å². The molecule has 0 amide bonds. The lowest BCUT2D eigenvalue weighted by Gasteiger charge is -2.01. The standard InChI is InChI=1S/C8H14O2.C7H7N/c1-4-5-6-10-8(9)7(2)3;1-2-7-3-5-8-6-4-7/h2,4-6H2,1,3H3;2-6H,1H2.